The Balaban J connectivity index is 1.90. The number of rotatable bonds is 8. The Morgan fingerprint density at radius 1 is 1.19 bits per heavy atom. The molecule has 16 heavy (non-hydrogen) atoms. The summed E-state index contributed by atoms with van der Waals surface area (Å²) in [7, 11) is 0. The summed E-state index contributed by atoms with van der Waals surface area (Å²) in [4.78, 5) is 0. The van der Waals surface area contributed by atoms with Crippen LogP contribution in [0.5, 0.6) is 0 Å². The summed E-state index contributed by atoms with van der Waals surface area (Å²) >= 11 is 0. The first-order valence-corrected chi connectivity index (χ1v) is 7.13. The van der Waals surface area contributed by atoms with Gasteiger partial charge in [0.05, 0.1) is 6.61 Å². The highest BCUT2D eigenvalue weighted by atomic mass is 16.5. The molecule has 0 amide bonds. The molecule has 2 atom stereocenters. The molecular formula is C14H29NO. The average Bonchev–Trinajstić information content (AvgIpc) is 2.30. The van der Waals surface area contributed by atoms with E-state index >= 15 is 0 Å². The normalized spacial score (nSPS) is 25.9. The van der Waals surface area contributed by atoms with E-state index in [1.807, 2.05) is 0 Å². The fourth-order valence-electron chi connectivity index (χ4n) is 2.48. The van der Waals surface area contributed by atoms with Crippen molar-refractivity contribution in [3.63, 3.8) is 0 Å². The van der Waals surface area contributed by atoms with Gasteiger partial charge in [0.1, 0.15) is 0 Å². The Kier molecular flexibility index (Phi) is 7.87. The first-order chi connectivity index (χ1) is 7.84. The first-order valence-electron chi connectivity index (χ1n) is 7.13. The molecule has 96 valence electrons. The lowest BCUT2D eigenvalue weighted by Gasteiger charge is -2.28. The zero-order valence-electron chi connectivity index (χ0n) is 11.1. The van der Waals surface area contributed by atoms with Gasteiger partial charge in [-0.05, 0) is 31.2 Å². The molecule has 2 nitrogen and oxygen atoms in total. The van der Waals surface area contributed by atoms with Crippen molar-refractivity contribution >= 4 is 0 Å². The zero-order valence-corrected chi connectivity index (χ0v) is 11.1. The van der Waals surface area contributed by atoms with Crippen molar-refractivity contribution < 1.29 is 4.74 Å². The van der Waals surface area contributed by atoms with E-state index in [2.05, 4.69) is 19.2 Å². The van der Waals surface area contributed by atoms with E-state index in [1.165, 1.54) is 45.1 Å². The first kappa shape index (κ1) is 14.0. The van der Waals surface area contributed by atoms with Crippen molar-refractivity contribution in [3.05, 3.63) is 0 Å². The molecule has 1 rings (SSSR count). The van der Waals surface area contributed by atoms with E-state index in [4.69, 9.17) is 4.74 Å². The van der Waals surface area contributed by atoms with E-state index in [0.29, 0.717) is 0 Å². The van der Waals surface area contributed by atoms with Gasteiger partial charge in [-0.3, -0.25) is 0 Å². The Morgan fingerprint density at radius 3 is 2.75 bits per heavy atom. The maximum Gasteiger partial charge on any atom is 0.0590 e. The predicted octanol–water partition coefficient (Wildman–Crippen LogP) is 3.22. The van der Waals surface area contributed by atoms with Crippen LogP contribution in [0.2, 0.25) is 0 Å². The minimum Gasteiger partial charge on any atom is -0.380 e. The molecule has 1 aliphatic carbocycles. The molecule has 1 N–H and O–H groups in total. The van der Waals surface area contributed by atoms with E-state index in [1.54, 1.807) is 0 Å². The number of unbranched alkanes of at least 4 members (excludes halogenated alkanes) is 1. The lowest BCUT2D eigenvalue weighted by Crippen LogP contribution is -2.31. The SMILES string of the molecule is CCCCOCCNCC1CCCCC1C. The van der Waals surface area contributed by atoms with Crippen molar-refractivity contribution in [1.29, 1.82) is 0 Å². The van der Waals surface area contributed by atoms with Crippen LogP contribution in [0.25, 0.3) is 0 Å². The molecule has 0 aliphatic heterocycles. The minimum atomic E-state index is 0.876. The van der Waals surface area contributed by atoms with Crippen molar-refractivity contribution in [2.45, 2.75) is 52.4 Å². The number of nitrogens with one attached hydrogen (secondary N) is 1. The molecule has 0 aromatic heterocycles. The highest BCUT2D eigenvalue weighted by Crippen LogP contribution is 2.28. The Bertz CT molecular complexity index is 161. The Hall–Kier alpha value is -0.0800. The van der Waals surface area contributed by atoms with E-state index in [0.717, 1.165) is 31.6 Å². The van der Waals surface area contributed by atoms with Crippen molar-refractivity contribution in [3.8, 4) is 0 Å². The number of hydrogen-bond donors (Lipinski definition) is 1. The molecular weight excluding hydrogens is 198 g/mol. The van der Waals surface area contributed by atoms with Crippen molar-refractivity contribution in [2.24, 2.45) is 11.8 Å². The van der Waals surface area contributed by atoms with E-state index < -0.39 is 0 Å². The third kappa shape index (κ3) is 5.86. The summed E-state index contributed by atoms with van der Waals surface area (Å²) in [5.41, 5.74) is 0. The second-order valence-electron chi connectivity index (χ2n) is 5.19. The summed E-state index contributed by atoms with van der Waals surface area (Å²) in [6.07, 6.45) is 8.15. The molecule has 0 aromatic rings. The standard InChI is InChI=1S/C14H29NO/c1-3-4-10-16-11-9-15-12-14-8-6-5-7-13(14)2/h13-15H,3-12H2,1-2H3. The second-order valence-corrected chi connectivity index (χ2v) is 5.19. The average molecular weight is 227 g/mol. The summed E-state index contributed by atoms with van der Waals surface area (Å²) in [6.45, 7) is 8.62. The molecule has 0 spiro atoms. The fourth-order valence-corrected chi connectivity index (χ4v) is 2.48. The van der Waals surface area contributed by atoms with Crippen LogP contribution < -0.4 is 5.32 Å². The van der Waals surface area contributed by atoms with Crippen LogP contribution in [0.3, 0.4) is 0 Å². The van der Waals surface area contributed by atoms with Crippen LogP contribution >= 0.6 is 0 Å². The lowest BCUT2D eigenvalue weighted by molar-refractivity contribution is 0.130. The van der Waals surface area contributed by atoms with Crippen LogP contribution in [0, 0.1) is 11.8 Å². The molecule has 0 heterocycles. The van der Waals surface area contributed by atoms with Crippen LogP contribution in [-0.4, -0.2) is 26.3 Å². The predicted molar refractivity (Wildman–Crippen MR) is 69.7 cm³/mol. The van der Waals surface area contributed by atoms with Crippen molar-refractivity contribution in [2.75, 3.05) is 26.3 Å². The smallest absolute Gasteiger partial charge is 0.0590 e. The highest BCUT2D eigenvalue weighted by Gasteiger charge is 2.20. The van der Waals surface area contributed by atoms with Crippen LogP contribution in [0.1, 0.15) is 52.4 Å². The summed E-state index contributed by atoms with van der Waals surface area (Å²) in [5.74, 6) is 1.83. The number of ether oxygens (including phenoxy) is 1. The zero-order chi connectivity index (χ0) is 11.6. The van der Waals surface area contributed by atoms with Crippen molar-refractivity contribution in [1.82, 2.24) is 5.32 Å². The van der Waals surface area contributed by atoms with E-state index in [9.17, 15) is 0 Å². The summed E-state index contributed by atoms with van der Waals surface area (Å²) < 4.78 is 5.53. The van der Waals surface area contributed by atoms with Gasteiger partial charge < -0.3 is 10.1 Å². The van der Waals surface area contributed by atoms with E-state index in [-0.39, 0.29) is 0 Å². The molecule has 0 saturated heterocycles. The van der Waals surface area contributed by atoms with Gasteiger partial charge in [0.15, 0.2) is 0 Å². The molecule has 0 aromatic carbocycles. The van der Waals surface area contributed by atoms with Gasteiger partial charge in [-0.2, -0.15) is 0 Å². The van der Waals surface area contributed by atoms with Gasteiger partial charge in [-0.1, -0.05) is 39.5 Å². The fraction of sp³-hybridized carbons (Fsp3) is 1.00. The van der Waals surface area contributed by atoms with Gasteiger partial charge in [-0.25, -0.2) is 0 Å². The summed E-state index contributed by atoms with van der Waals surface area (Å²) in [5, 5.41) is 3.54. The molecule has 1 aliphatic rings. The summed E-state index contributed by atoms with van der Waals surface area (Å²) in [6, 6.07) is 0. The molecule has 0 radical (unpaired) electrons. The van der Waals surface area contributed by atoms with Gasteiger partial charge in [0.25, 0.3) is 0 Å². The minimum absolute atomic E-state index is 0.876. The van der Waals surface area contributed by atoms with Crippen LogP contribution in [0.15, 0.2) is 0 Å². The number of hydrogen-bond acceptors (Lipinski definition) is 2. The molecule has 0 bridgehead atoms. The monoisotopic (exact) mass is 227 g/mol. The van der Waals surface area contributed by atoms with Crippen LogP contribution in [-0.2, 0) is 4.74 Å². The van der Waals surface area contributed by atoms with Gasteiger partial charge in [0, 0.05) is 13.2 Å². The molecule has 1 fully saturated rings. The topological polar surface area (TPSA) is 21.3 Å². The van der Waals surface area contributed by atoms with Crippen LogP contribution in [0.4, 0.5) is 0 Å². The molecule has 1 saturated carbocycles. The Morgan fingerprint density at radius 2 is 2.00 bits per heavy atom. The quantitative estimate of drug-likeness (QED) is 0.643. The van der Waals surface area contributed by atoms with Gasteiger partial charge in [-0.15, -0.1) is 0 Å². The Labute approximate surface area is 101 Å². The largest absolute Gasteiger partial charge is 0.380 e. The third-order valence-corrected chi connectivity index (χ3v) is 3.76. The van der Waals surface area contributed by atoms with Gasteiger partial charge >= 0.3 is 0 Å². The second kappa shape index (κ2) is 9.00. The molecule has 2 heteroatoms. The third-order valence-electron chi connectivity index (χ3n) is 3.76. The lowest BCUT2D eigenvalue weighted by atomic mass is 9.80. The maximum absolute atomic E-state index is 5.53. The van der Waals surface area contributed by atoms with Gasteiger partial charge in [0.2, 0.25) is 0 Å². The maximum atomic E-state index is 5.53. The molecule has 2 unspecified atom stereocenters. The highest BCUT2D eigenvalue weighted by molar-refractivity contribution is 4.73.